The maximum Gasteiger partial charge on any atom is 0.307 e. The zero-order chi connectivity index (χ0) is 27.0. The summed E-state index contributed by atoms with van der Waals surface area (Å²) < 4.78 is 34.8. The molecule has 2 amide bonds. The molecule has 11 heteroatoms. The van der Waals surface area contributed by atoms with Gasteiger partial charge < -0.3 is 15.8 Å². The Kier molecular flexibility index (Phi) is 7.05. The summed E-state index contributed by atoms with van der Waals surface area (Å²) in [4.78, 5) is 39.9. The number of fused-ring (bicyclic) bond motifs is 1. The Bertz CT molecular complexity index is 1430. The second-order valence-electron chi connectivity index (χ2n) is 8.53. The lowest BCUT2D eigenvalue weighted by atomic mass is 9.82. The van der Waals surface area contributed by atoms with Crippen LogP contribution in [0.4, 0.5) is 14.5 Å². The number of benzene rings is 2. The summed E-state index contributed by atoms with van der Waals surface area (Å²) >= 11 is 0.852. The van der Waals surface area contributed by atoms with Crippen molar-refractivity contribution in [3.05, 3.63) is 86.7 Å². The van der Waals surface area contributed by atoms with Crippen LogP contribution in [0.5, 0.6) is 0 Å². The Morgan fingerprint density at radius 2 is 1.89 bits per heavy atom. The third kappa shape index (κ3) is 4.56. The Morgan fingerprint density at radius 3 is 2.49 bits per heavy atom. The van der Waals surface area contributed by atoms with Crippen molar-refractivity contribution in [2.24, 2.45) is 5.73 Å². The van der Waals surface area contributed by atoms with Crippen LogP contribution in [0.1, 0.15) is 29.0 Å². The van der Waals surface area contributed by atoms with E-state index in [0.717, 1.165) is 46.0 Å². The summed E-state index contributed by atoms with van der Waals surface area (Å²) in [6, 6.07) is 10.3. The van der Waals surface area contributed by atoms with Crippen molar-refractivity contribution in [3.63, 3.8) is 0 Å². The van der Waals surface area contributed by atoms with E-state index in [2.05, 4.69) is 10.1 Å². The van der Waals surface area contributed by atoms with Crippen LogP contribution < -0.4 is 11.1 Å². The molecule has 2 atom stereocenters. The molecule has 0 aliphatic carbocycles. The molecule has 0 unspecified atom stereocenters. The smallest absolute Gasteiger partial charge is 0.307 e. The second-order valence-corrected chi connectivity index (χ2v) is 9.72. The van der Waals surface area contributed by atoms with E-state index in [0.29, 0.717) is 5.69 Å². The maximum atomic E-state index is 15.0. The molecule has 0 radical (unpaired) electrons. The van der Waals surface area contributed by atoms with Crippen LogP contribution in [0.15, 0.2) is 58.4 Å². The van der Waals surface area contributed by atoms with Gasteiger partial charge in [-0.2, -0.15) is 5.26 Å². The molecule has 0 aromatic heterocycles. The third-order valence-corrected chi connectivity index (χ3v) is 7.42. The van der Waals surface area contributed by atoms with Gasteiger partial charge in [0, 0.05) is 11.3 Å². The normalized spacial score (nSPS) is 19.0. The van der Waals surface area contributed by atoms with E-state index in [4.69, 9.17) is 5.73 Å². The van der Waals surface area contributed by atoms with Crippen molar-refractivity contribution in [2.75, 3.05) is 12.4 Å². The molecule has 0 bridgehead atoms. The van der Waals surface area contributed by atoms with E-state index in [1.165, 1.54) is 7.11 Å². The Balaban J connectivity index is 1.93. The molecule has 8 nitrogen and oxygen atoms in total. The van der Waals surface area contributed by atoms with E-state index in [9.17, 15) is 19.6 Å². The van der Waals surface area contributed by atoms with Crippen LogP contribution in [0.25, 0.3) is 0 Å². The number of aryl methyl sites for hydroxylation is 2. The molecule has 2 aromatic rings. The summed E-state index contributed by atoms with van der Waals surface area (Å²) in [5.41, 5.74) is 7.16. The van der Waals surface area contributed by atoms with Crippen LogP contribution in [-0.2, 0) is 19.1 Å². The van der Waals surface area contributed by atoms with Crippen molar-refractivity contribution in [3.8, 4) is 6.07 Å². The SMILES string of the molecule is COC(=O)C[C@@H]1SC2=C(C(=O)Nc3ccc(C)cc3C)[C@@H](c3c(F)cccc3F)C(C#N)=C(N)N2C1=O. The number of hydrogen-bond acceptors (Lipinski definition) is 7. The highest BCUT2D eigenvalue weighted by Crippen LogP contribution is 2.50. The molecule has 2 aromatic carbocycles. The minimum absolute atomic E-state index is 0.00896. The molecule has 3 N–H and O–H groups in total. The first kappa shape index (κ1) is 25.9. The number of carbonyl (C=O) groups excluding carboxylic acids is 3. The van der Waals surface area contributed by atoms with Gasteiger partial charge in [0.15, 0.2) is 0 Å². The van der Waals surface area contributed by atoms with Crippen molar-refractivity contribution in [2.45, 2.75) is 31.4 Å². The lowest BCUT2D eigenvalue weighted by Gasteiger charge is -2.32. The fraction of sp³-hybridized carbons (Fsp3) is 0.231. The predicted molar refractivity (Wildman–Crippen MR) is 132 cm³/mol. The molecule has 1 fully saturated rings. The predicted octanol–water partition coefficient (Wildman–Crippen LogP) is 3.73. The summed E-state index contributed by atoms with van der Waals surface area (Å²) in [5, 5.41) is 11.7. The molecule has 2 heterocycles. The molecule has 4 rings (SSSR count). The molecule has 37 heavy (non-hydrogen) atoms. The second kappa shape index (κ2) is 10.1. The zero-order valence-electron chi connectivity index (χ0n) is 20.1. The number of methoxy groups -OCH3 is 1. The van der Waals surface area contributed by atoms with Gasteiger partial charge in [-0.05, 0) is 37.6 Å². The van der Waals surface area contributed by atoms with Gasteiger partial charge in [-0.15, -0.1) is 0 Å². The number of rotatable bonds is 5. The number of nitrogens with one attached hydrogen (secondary N) is 1. The van der Waals surface area contributed by atoms with Crippen molar-refractivity contribution in [1.82, 2.24) is 4.90 Å². The van der Waals surface area contributed by atoms with Gasteiger partial charge in [-0.25, -0.2) is 8.78 Å². The number of hydrogen-bond donors (Lipinski definition) is 2. The Labute approximate surface area is 215 Å². The molecule has 2 aliphatic heterocycles. The van der Waals surface area contributed by atoms with Crippen molar-refractivity contribution in [1.29, 1.82) is 5.26 Å². The number of thioether (sulfide) groups is 1. The van der Waals surface area contributed by atoms with Gasteiger partial charge in [-0.1, -0.05) is 35.5 Å². The van der Waals surface area contributed by atoms with Crippen LogP contribution >= 0.6 is 11.8 Å². The van der Waals surface area contributed by atoms with Crippen molar-refractivity contribution >= 4 is 35.2 Å². The average Bonchev–Trinajstić information content (AvgIpc) is 3.16. The number of amides is 2. The number of ether oxygens (including phenoxy) is 1. The maximum absolute atomic E-state index is 15.0. The molecule has 190 valence electrons. The molecular weight excluding hydrogens is 502 g/mol. The van der Waals surface area contributed by atoms with Gasteiger partial charge in [0.25, 0.3) is 5.91 Å². The number of anilines is 1. The lowest BCUT2D eigenvalue weighted by Crippen LogP contribution is -2.39. The number of halogens is 2. The minimum Gasteiger partial charge on any atom is -0.469 e. The van der Waals surface area contributed by atoms with Crippen molar-refractivity contribution < 1.29 is 27.9 Å². The first-order chi connectivity index (χ1) is 17.6. The van der Waals surface area contributed by atoms with E-state index in [-0.39, 0.29) is 28.4 Å². The largest absolute Gasteiger partial charge is 0.469 e. The highest BCUT2D eigenvalue weighted by Gasteiger charge is 2.49. The standard InChI is InChI=1S/C26H22F2N4O4S/c1-12-7-8-17(13(2)9-12)31-24(34)22-20(21-15(27)5-4-6-16(21)28)14(11-29)23(30)32-25(35)18(37-26(22)32)10-19(33)36-3/h4-9,18,20H,10,30H2,1-3H3,(H,31,34)/t18-,20+/m0/s1. The fourth-order valence-electron chi connectivity index (χ4n) is 4.36. The van der Waals surface area contributed by atoms with Crippen LogP contribution in [-0.4, -0.2) is 35.0 Å². The number of nitrogens with two attached hydrogens (primary N) is 1. The summed E-state index contributed by atoms with van der Waals surface area (Å²) in [5.74, 6) is -5.99. The number of allylic oxidation sites excluding steroid dienone is 1. The zero-order valence-corrected chi connectivity index (χ0v) is 20.9. The summed E-state index contributed by atoms with van der Waals surface area (Å²) in [6.07, 6.45) is -0.333. The van der Waals surface area contributed by atoms with Gasteiger partial charge in [0.2, 0.25) is 5.91 Å². The van der Waals surface area contributed by atoms with E-state index in [1.54, 1.807) is 19.1 Å². The summed E-state index contributed by atoms with van der Waals surface area (Å²) in [6.45, 7) is 3.66. The van der Waals surface area contributed by atoms with Gasteiger partial charge >= 0.3 is 5.97 Å². The molecule has 2 aliphatic rings. The lowest BCUT2D eigenvalue weighted by molar-refractivity contribution is -0.142. The minimum atomic E-state index is -1.54. The monoisotopic (exact) mass is 524 g/mol. The topological polar surface area (TPSA) is 126 Å². The van der Waals surface area contributed by atoms with Crippen LogP contribution in [0.3, 0.4) is 0 Å². The molecule has 0 saturated carbocycles. The van der Waals surface area contributed by atoms with E-state index >= 15 is 8.78 Å². The Morgan fingerprint density at radius 1 is 1.22 bits per heavy atom. The summed E-state index contributed by atoms with van der Waals surface area (Å²) in [7, 11) is 1.17. The average molecular weight is 525 g/mol. The van der Waals surface area contributed by atoms with Crippen LogP contribution in [0, 0.1) is 36.8 Å². The number of carbonyl (C=O) groups is 3. The number of esters is 1. The van der Waals surface area contributed by atoms with E-state index in [1.807, 2.05) is 19.1 Å². The van der Waals surface area contributed by atoms with Gasteiger partial charge in [0.05, 0.1) is 41.7 Å². The van der Waals surface area contributed by atoms with Gasteiger partial charge in [-0.3, -0.25) is 19.3 Å². The third-order valence-electron chi connectivity index (χ3n) is 6.14. The first-order valence-electron chi connectivity index (χ1n) is 11.1. The van der Waals surface area contributed by atoms with Gasteiger partial charge in [0.1, 0.15) is 22.7 Å². The fourth-order valence-corrected chi connectivity index (χ4v) is 5.69. The van der Waals surface area contributed by atoms with Crippen LogP contribution in [0.2, 0.25) is 0 Å². The highest BCUT2D eigenvalue weighted by atomic mass is 32.2. The highest BCUT2D eigenvalue weighted by molar-refractivity contribution is 8.04. The quantitative estimate of drug-likeness (QED) is 0.571. The number of nitriles is 1. The molecule has 0 spiro atoms. The molecular formula is C26H22F2N4O4S. The first-order valence-corrected chi connectivity index (χ1v) is 12.0. The van der Waals surface area contributed by atoms with E-state index < -0.39 is 46.1 Å². The molecule has 1 saturated heterocycles. The Hall–Kier alpha value is -4.17. The number of nitrogens with zero attached hydrogens (tertiary/aromatic N) is 2.